The molecule has 0 aliphatic carbocycles. The van der Waals surface area contributed by atoms with Gasteiger partial charge in [-0.3, -0.25) is 9.69 Å². The Morgan fingerprint density at radius 3 is 2.06 bits per heavy atom. The minimum Gasteiger partial charge on any atom is -0.351 e. The van der Waals surface area contributed by atoms with Crippen LogP contribution in [0.4, 0.5) is 0 Å². The van der Waals surface area contributed by atoms with Crippen LogP contribution < -0.4 is 5.32 Å². The molecule has 0 saturated carbocycles. The Labute approximate surface area is 200 Å². The van der Waals surface area contributed by atoms with Gasteiger partial charge in [0.15, 0.2) is 0 Å². The zero-order valence-electron chi connectivity index (χ0n) is 18.8. The fourth-order valence-electron chi connectivity index (χ4n) is 3.85. The van der Waals surface area contributed by atoms with Gasteiger partial charge in [-0.1, -0.05) is 91.0 Å². The first-order valence-corrected chi connectivity index (χ1v) is 12.3. The van der Waals surface area contributed by atoms with Gasteiger partial charge in [0, 0.05) is 31.1 Å². The van der Waals surface area contributed by atoms with E-state index in [2.05, 4.69) is 83.0 Å². The molecule has 33 heavy (non-hydrogen) atoms. The van der Waals surface area contributed by atoms with Crippen LogP contribution in [0, 0.1) is 0 Å². The van der Waals surface area contributed by atoms with Crippen LogP contribution in [0.3, 0.4) is 0 Å². The number of thiophene rings is 1. The van der Waals surface area contributed by atoms with Gasteiger partial charge >= 0.3 is 0 Å². The minimum atomic E-state index is 0.0149. The largest absolute Gasteiger partial charge is 0.351 e. The Morgan fingerprint density at radius 2 is 1.36 bits per heavy atom. The van der Waals surface area contributed by atoms with Gasteiger partial charge in [-0.2, -0.15) is 0 Å². The molecular weight excluding hydrogens is 424 g/mol. The SMILES string of the molecule is O=C(NCCCN(CCc1ccccc1)Cc1ccccc1)c1ccc(-c2ccccc2)s1. The highest BCUT2D eigenvalue weighted by Gasteiger charge is 2.11. The summed E-state index contributed by atoms with van der Waals surface area (Å²) in [6, 6.07) is 35.4. The lowest BCUT2D eigenvalue weighted by atomic mass is 10.1. The van der Waals surface area contributed by atoms with Crippen molar-refractivity contribution in [2.75, 3.05) is 19.6 Å². The average molecular weight is 455 g/mol. The monoisotopic (exact) mass is 454 g/mol. The van der Waals surface area contributed by atoms with Gasteiger partial charge in [0.25, 0.3) is 5.91 Å². The molecule has 0 atom stereocenters. The van der Waals surface area contributed by atoms with Gasteiger partial charge in [0.2, 0.25) is 0 Å². The third kappa shape index (κ3) is 7.14. The molecule has 0 spiro atoms. The second-order valence-electron chi connectivity index (χ2n) is 8.14. The van der Waals surface area contributed by atoms with E-state index < -0.39 is 0 Å². The fourth-order valence-corrected chi connectivity index (χ4v) is 4.78. The van der Waals surface area contributed by atoms with E-state index in [1.165, 1.54) is 11.1 Å². The number of hydrogen-bond acceptors (Lipinski definition) is 3. The van der Waals surface area contributed by atoms with Crippen molar-refractivity contribution in [1.29, 1.82) is 0 Å². The average Bonchev–Trinajstić information content (AvgIpc) is 3.37. The van der Waals surface area contributed by atoms with E-state index in [0.717, 1.165) is 47.8 Å². The maximum atomic E-state index is 12.6. The summed E-state index contributed by atoms with van der Waals surface area (Å²) in [5.41, 5.74) is 3.83. The van der Waals surface area contributed by atoms with Gasteiger partial charge in [0.1, 0.15) is 0 Å². The predicted octanol–water partition coefficient (Wildman–Crippen LogP) is 6.28. The molecule has 168 valence electrons. The molecule has 1 N–H and O–H groups in total. The van der Waals surface area contributed by atoms with Crippen molar-refractivity contribution in [3.8, 4) is 10.4 Å². The first kappa shape index (κ1) is 23.0. The van der Waals surface area contributed by atoms with Crippen LogP contribution in [0.2, 0.25) is 0 Å². The minimum absolute atomic E-state index is 0.0149. The summed E-state index contributed by atoms with van der Waals surface area (Å²) < 4.78 is 0. The molecule has 0 fully saturated rings. The Morgan fingerprint density at radius 1 is 0.727 bits per heavy atom. The standard InChI is InChI=1S/C29H30N2OS/c32-29(28-18-17-27(33-28)26-15-8-3-9-16-26)30-20-10-21-31(23-25-13-6-2-7-14-25)22-19-24-11-4-1-5-12-24/h1-9,11-18H,10,19-23H2,(H,30,32). The Hall–Kier alpha value is -3.21. The molecule has 1 aromatic heterocycles. The van der Waals surface area contributed by atoms with Crippen molar-refractivity contribution in [3.05, 3.63) is 119 Å². The number of nitrogens with one attached hydrogen (secondary N) is 1. The summed E-state index contributed by atoms with van der Waals surface area (Å²) in [5.74, 6) is 0.0149. The van der Waals surface area contributed by atoms with Crippen LogP contribution in [0.1, 0.15) is 27.2 Å². The maximum absolute atomic E-state index is 12.6. The molecule has 4 heteroatoms. The molecule has 3 aromatic carbocycles. The summed E-state index contributed by atoms with van der Waals surface area (Å²) >= 11 is 1.54. The first-order chi connectivity index (χ1) is 16.3. The summed E-state index contributed by atoms with van der Waals surface area (Å²) in [4.78, 5) is 17.0. The van der Waals surface area contributed by atoms with Crippen molar-refractivity contribution in [1.82, 2.24) is 10.2 Å². The first-order valence-electron chi connectivity index (χ1n) is 11.5. The highest BCUT2D eigenvalue weighted by atomic mass is 32.1. The summed E-state index contributed by atoms with van der Waals surface area (Å²) in [6.45, 7) is 3.54. The third-order valence-electron chi connectivity index (χ3n) is 5.63. The normalized spacial score (nSPS) is 10.9. The Bertz CT molecular complexity index is 1110. The van der Waals surface area contributed by atoms with Crippen molar-refractivity contribution < 1.29 is 4.79 Å². The van der Waals surface area contributed by atoms with Crippen molar-refractivity contribution in [2.24, 2.45) is 0 Å². The number of carbonyl (C=O) groups excluding carboxylic acids is 1. The number of carbonyl (C=O) groups is 1. The quantitative estimate of drug-likeness (QED) is 0.271. The molecule has 4 aromatic rings. The summed E-state index contributed by atoms with van der Waals surface area (Å²) in [6.07, 6.45) is 1.95. The number of hydrogen-bond donors (Lipinski definition) is 1. The number of amides is 1. The molecule has 1 heterocycles. The molecule has 4 rings (SSSR count). The zero-order valence-corrected chi connectivity index (χ0v) is 19.6. The highest BCUT2D eigenvalue weighted by molar-refractivity contribution is 7.17. The van der Waals surface area contributed by atoms with Crippen molar-refractivity contribution >= 4 is 17.2 Å². The van der Waals surface area contributed by atoms with E-state index in [1.54, 1.807) is 11.3 Å². The number of nitrogens with zero attached hydrogens (tertiary/aromatic N) is 1. The fraction of sp³-hybridized carbons (Fsp3) is 0.207. The number of rotatable bonds is 11. The highest BCUT2D eigenvalue weighted by Crippen LogP contribution is 2.27. The lowest BCUT2D eigenvalue weighted by Crippen LogP contribution is -2.31. The van der Waals surface area contributed by atoms with E-state index in [1.807, 2.05) is 30.3 Å². The van der Waals surface area contributed by atoms with Crippen LogP contribution in [-0.4, -0.2) is 30.4 Å². The van der Waals surface area contributed by atoms with Gasteiger partial charge in [-0.25, -0.2) is 0 Å². The van der Waals surface area contributed by atoms with Crippen LogP contribution in [-0.2, 0) is 13.0 Å². The molecule has 3 nitrogen and oxygen atoms in total. The van der Waals surface area contributed by atoms with E-state index in [9.17, 15) is 4.79 Å². The van der Waals surface area contributed by atoms with Crippen molar-refractivity contribution in [2.45, 2.75) is 19.4 Å². The molecule has 0 aliphatic heterocycles. The summed E-state index contributed by atoms with van der Waals surface area (Å²) in [7, 11) is 0. The molecule has 1 amide bonds. The molecular formula is C29H30N2OS. The van der Waals surface area contributed by atoms with E-state index in [0.29, 0.717) is 6.54 Å². The van der Waals surface area contributed by atoms with Crippen LogP contribution >= 0.6 is 11.3 Å². The molecule has 0 radical (unpaired) electrons. The molecule has 0 saturated heterocycles. The molecule has 0 unspecified atom stereocenters. The Balaban J connectivity index is 1.27. The third-order valence-corrected chi connectivity index (χ3v) is 6.77. The predicted molar refractivity (Wildman–Crippen MR) is 139 cm³/mol. The van der Waals surface area contributed by atoms with Gasteiger partial charge < -0.3 is 5.32 Å². The number of benzene rings is 3. The van der Waals surface area contributed by atoms with Gasteiger partial charge in [-0.15, -0.1) is 11.3 Å². The zero-order chi connectivity index (χ0) is 22.7. The lowest BCUT2D eigenvalue weighted by Gasteiger charge is -2.22. The van der Waals surface area contributed by atoms with Gasteiger partial charge in [0.05, 0.1) is 4.88 Å². The van der Waals surface area contributed by atoms with Crippen LogP contribution in [0.25, 0.3) is 10.4 Å². The van der Waals surface area contributed by atoms with E-state index in [-0.39, 0.29) is 5.91 Å². The summed E-state index contributed by atoms with van der Waals surface area (Å²) in [5, 5.41) is 3.10. The molecule has 0 aliphatic rings. The Kier molecular flexibility index (Phi) is 8.45. The molecule has 0 bridgehead atoms. The van der Waals surface area contributed by atoms with Crippen molar-refractivity contribution in [3.63, 3.8) is 0 Å². The smallest absolute Gasteiger partial charge is 0.261 e. The topological polar surface area (TPSA) is 32.3 Å². The van der Waals surface area contributed by atoms with E-state index in [4.69, 9.17) is 0 Å². The maximum Gasteiger partial charge on any atom is 0.261 e. The van der Waals surface area contributed by atoms with Gasteiger partial charge in [-0.05, 0) is 41.7 Å². The van der Waals surface area contributed by atoms with Crippen LogP contribution in [0.5, 0.6) is 0 Å². The van der Waals surface area contributed by atoms with E-state index >= 15 is 0 Å². The second kappa shape index (κ2) is 12.1. The van der Waals surface area contributed by atoms with Crippen LogP contribution in [0.15, 0.2) is 103 Å². The second-order valence-corrected chi connectivity index (χ2v) is 9.22. The lowest BCUT2D eigenvalue weighted by molar-refractivity contribution is 0.0955.